The van der Waals surface area contributed by atoms with Crippen LogP contribution in [0, 0.1) is 12.7 Å². The molecule has 4 rings (SSSR count). The normalized spacial score (nSPS) is 11.7. The average molecular weight is 476 g/mol. The molecule has 1 aromatic heterocycles. The molecule has 0 saturated carbocycles. The van der Waals surface area contributed by atoms with Crippen LogP contribution in [-0.2, 0) is 9.53 Å². The molecule has 0 radical (unpaired) electrons. The second-order valence-electron chi connectivity index (χ2n) is 7.64. The van der Waals surface area contributed by atoms with Crippen molar-refractivity contribution in [1.82, 2.24) is 14.8 Å². The number of Topliss-reactive ketones (excluding diaryl/α,β-unsaturated/α-hetero) is 1. The van der Waals surface area contributed by atoms with Crippen LogP contribution in [0.5, 0.6) is 0 Å². The Morgan fingerprint density at radius 1 is 0.971 bits per heavy atom. The molecular weight excluding hydrogens is 453 g/mol. The zero-order valence-electron chi connectivity index (χ0n) is 18.6. The number of carbonyl (C=O) groups excluding carboxylic acids is 2. The van der Waals surface area contributed by atoms with Gasteiger partial charge in [-0.15, -0.1) is 10.2 Å². The summed E-state index contributed by atoms with van der Waals surface area (Å²) in [7, 11) is 0. The maximum Gasteiger partial charge on any atom is 0.317 e. The van der Waals surface area contributed by atoms with E-state index in [0.717, 1.165) is 23.0 Å². The molecule has 172 valence electrons. The zero-order chi connectivity index (χ0) is 24.1. The molecule has 6 nitrogen and oxygen atoms in total. The van der Waals surface area contributed by atoms with Crippen molar-refractivity contribution in [3.63, 3.8) is 0 Å². The van der Waals surface area contributed by atoms with E-state index in [9.17, 15) is 14.0 Å². The third kappa shape index (κ3) is 5.40. The molecule has 0 fully saturated rings. The third-order valence-electron chi connectivity index (χ3n) is 5.08. The molecule has 0 saturated heterocycles. The van der Waals surface area contributed by atoms with Crippen molar-refractivity contribution in [2.45, 2.75) is 25.1 Å². The fourth-order valence-corrected chi connectivity index (χ4v) is 4.05. The van der Waals surface area contributed by atoms with E-state index >= 15 is 0 Å². The number of ether oxygens (including phenoxy) is 1. The number of nitrogens with zero attached hydrogens (tertiary/aromatic N) is 3. The van der Waals surface area contributed by atoms with Gasteiger partial charge in [-0.25, -0.2) is 4.39 Å². The van der Waals surface area contributed by atoms with E-state index in [1.54, 1.807) is 35.8 Å². The number of carbonyl (C=O) groups is 2. The first-order valence-corrected chi connectivity index (χ1v) is 11.6. The van der Waals surface area contributed by atoms with Crippen molar-refractivity contribution < 1.29 is 18.7 Å². The zero-order valence-corrected chi connectivity index (χ0v) is 19.5. The van der Waals surface area contributed by atoms with E-state index in [0.29, 0.717) is 22.1 Å². The molecule has 1 heterocycles. The van der Waals surface area contributed by atoms with Gasteiger partial charge >= 0.3 is 5.97 Å². The topological polar surface area (TPSA) is 74.1 Å². The predicted octanol–water partition coefficient (Wildman–Crippen LogP) is 5.29. The lowest BCUT2D eigenvalue weighted by molar-refractivity contribution is -0.143. The molecule has 0 aliphatic heterocycles. The maximum atomic E-state index is 13.4. The molecule has 1 unspecified atom stereocenters. The number of ketones is 1. The van der Waals surface area contributed by atoms with Crippen molar-refractivity contribution in [3.05, 3.63) is 95.8 Å². The van der Waals surface area contributed by atoms with Gasteiger partial charge in [0.25, 0.3) is 0 Å². The van der Waals surface area contributed by atoms with Crippen LogP contribution in [0.15, 0.2) is 84.0 Å². The Balaban J connectivity index is 1.49. The standard InChI is InChI=1S/C26H22FN3O3S/c1-17-8-10-19(11-9-17)24(32)18(2)33-23(31)16-34-26-29-28-25(20-12-14-21(27)15-13-20)30(26)22-6-4-3-5-7-22/h3-15,18H,16H2,1-2H3. The number of esters is 1. The van der Waals surface area contributed by atoms with Gasteiger partial charge in [0.1, 0.15) is 5.82 Å². The Kier molecular flexibility index (Phi) is 7.18. The van der Waals surface area contributed by atoms with E-state index < -0.39 is 12.1 Å². The molecule has 3 aromatic carbocycles. The first-order valence-electron chi connectivity index (χ1n) is 10.6. The molecule has 0 N–H and O–H groups in total. The predicted molar refractivity (Wildman–Crippen MR) is 129 cm³/mol. The summed E-state index contributed by atoms with van der Waals surface area (Å²) in [5.74, 6) is -0.681. The second kappa shape index (κ2) is 10.4. The number of thioether (sulfide) groups is 1. The largest absolute Gasteiger partial charge is 0.454 e. The number of hydrogen-bond acceptors (Lipinski definition) is 6. The van der Waals surface area contributed by atoms with Crippen molar-refractivity contribution in [1.29, 1.82) is 0 Å². The minimum atomic E-state index is -0.905. The van der Waals surface area contributed by atoms with E-state index in [1.165, 1.54) is 12.1 Å². The van der Waals surface area contributed by atoms with E-state index in [4.69, 9.17) is 4.74 Å². The maximum absolute atomic E-state index is 13.4. The summed E-state index contributed by atoms with van der Waals surface area (Å²) in [6, 6.07) is 22.5. The molecule has 0 amide bonds. The average Bonchev–Trinajstić information content (AvgIpc) is 3.27. The smallest absolute Gasteiger partial charge is 0.317 e. The number of aromatic nitrogens is 3. The van der Waals surface area contributed by atoms with Crippen molar-refractivity contribution in [2.75, 3.05) is 5.75 Å². The Morgan fingerprint density at radius 3 is 2.32 bits per heavy atom. The Labute approximate surface area is 200 Å². The molecule has 34 heavy (non-hydrogen) atoms. The van der Waals surface area contributed by atoms with Gasteiger partial charge in [0.2, 0.25) is 5.78 Å². The molecule has 0 aliphatic rings. The van der Waals surface area contributed by atoms with Gasteiger partial charge < -0.3 is 4.74 Å². The van der Waals surface area contributed by atoms with Gasteiger partial charge in [-0.3, -0.25) is 14.2 Å². The van der Waals surface area contributed by atoms with Crippen LogP contribution in [0.4, 0.5) is 4.39 Å². The number of rotatable bonds is 8. The van der Waals surface area contributed by atoms with Gasteiger partial charge in [-0.05, 0) is 50.2 Å². The van der Waals surface area contributed by atoms with E-state index in [-0.39, 0.29) is 17.4 Å². The lowest BCUT2D eigenvalue weighted by Gasteiger charge is -2.13. The van der Waals surface area contributed by atoms with Crippen LogP contribution >= 0.6 is 11.8 Å². The SMILES string of the molecule is Cc1ccc(C(=O)C(C)OC(=O)CSc2nnc(-c3ccc(F)cc3)n2-c2ccccc2)cc1. The van der Waals surface area contributed by atoms with E-state index in [1.807, 2.05) is 49.4 Å². The number of hydrogen-bond donors (Lipinski definition) is 0. The molecule has 0 aliphatic carbocycles. The molecule has 0 spiro atoms. The minimum absolute atomic E-state index is 0.0557. The highest BCUT2D eigenvalue weighted by Gasteiger charge is 2.21. The highest BCUT2D eigenvalue weighted by molar-refractivity contribution is 7.99. The molecule has 1 atom stereocenters. The summed E-state index contributed by atoms with van der Waals surface area (Å²) in [4.78, 5) is 25.0. The molecule has 0 bridgehead atoms. The number of benzene rings is 3. The summed E-state index contributed by atoms with van der Waals surface area (Å²) in [6.07, 6.45) is -0.905. The van der Waals surface area contributed by atoms with E-state index in [2.05, 4.69) is 10.2 Å². The fourth-order valence-electron chi connectivity index (χ4n) is 3.32. The fraction of sp³-hybridized carbons (Fsp3) is 0.154. The summed E-state index contributed by atoms with van der Waals surface area (Å²) < 4.78 is 20.6. The third-order valence-corrected chi connectivity index (χ3v) is 5.99. The molecule has 8 heteroatoms. The quantitative estimate of drug-likeness (QED) is 0.196. The van der Waals surface area contributed by atoms with Gasteiger partial charge in [0.05, 0.1) is 5.75 Å². The summed E-state index contributed by atoms with van der Waals surface area (Å²) in [5.41, 5.74) is 3.02. The van der Waals surface area contributed by atoms with Crippen LogP contribution in [0.25, 0.3) is 17.1 Å². The second-order valence-corrected chi connectivity index (χ2v) is 8.58. The lowest BCUT2D eigenvalue weighted by atomic mass is 10.1. The Bertz CT molecular complexity index is 1290. The van der Waals surface area contributed by atoms with Crippen LogP contribution in [-0.4, -0.2) is 38.4 Å². The monoisotopic (exact) mass is 475 g/mol. The van der Waals surface area contributed by atoms with Crippen LogP contribution in [0.1, 0.15) is 22.8 Å². The molecular formula is C26H22FN3O3S. The van der Waals surface area contributed by atoms with Gasteiger partial charge in [0.15, 0.2) is 17.1 Å². The van der Waals surface area contributed by atoms with Crippen LogP contribution in [0.2, 0.25) is 0 Å². The summed E-state index contributed by atoms with van der Waals surface area (Å²) in [6.45, 7) is 3.49. The first kappa shape index (κ1) is 23.4. The van der Waals surface area contributed by atoms with Crippen molar-refractivity contribution in [3.8, 4) is 17.1 Å². The lowest BCUT2D eigenvalue weighted by Crippen LogP contribution is -2.25. The highest BCUT2D eigenvalue weighted by Crippen LogP contribution is 2.28. The van der Waals surface area contributed by atoms with Gasteiger partial charge in [-0.2, -0.15) is 0 Å². The molecule has 4 aromatic rings. The number of para-hydroxylation sites is 1. The highest BCUT2D eigenvalue weighted by atomic mass is 32.2. The summed E-state index contributed by atoms with van der Waals surface area (Å²) in [5, 5.41) is 8.98. The van der Waals surface area contributed by atoms with Crippen molar-refractivity contribution in [2.24, 2.45) is 0 Å². The first-order chi connectivity index (χ1) is 16.4. The number of aryl methyl sites for hydroxylation is 1. The van der Waals surface area contributed by atoms with Crippen LogP contribution < -0.4 is 0 Å². The van der Waals surface area contributed by atoms with Crippen molar-refractivity contribution >= 4 is 23.5 Å². The summed E-state index contributed by atoms with van der Waals surface area (Å²) >= 11 is 1.15. The van der Waals surface area contributed by atoms with Crippen LogP contribution in [0.3, 0.4) is 0 Å². The Morgan fingerprint density at radius 2 is 1.65 bits per heavy atom. The van der Waals surface area contributed by atoms with Gasteiger partial charge in [-0.1, -0.05) is 59.8 Å². The minimum Gasteiger partial charge on any atom is -0.454 e. The van der Waals surface area contributed by atoms with Gasteiger partial charge in [0, 0.05) is 16.8 Å². The number of halogens is 1. The Hall–Kier alpha value is -3.78.